The Balaban J connectivity index is 1.98. The summed E-state index contributed by atoms with van der Waals surface area (Å²) in [6.45, 7) is 8.54. The molecule has 1 N–H and O–H groups in total. The topological polar surface area (TPSA) is 21.3 Å². The van der Waals surface area contributed by atoms with Crippen molar-refractivity contribution in [3.63, 3.8) is 0 Å². The van der Waals surface area contributed by atoms with Crippen LogP contribution in [-0.4, -0.2) is 18.7 Å². The zero-order valence-corrected chi connectivity index (χ0v) is 11.9. The number of ether oxygens (including phenoxy) is 1. The van der Waals surface area contributed by atoms with Gasteiger partial charge in [-0.25, -0.2) is 0 Å². The summed E-state index contributed by atoms with van der Waals surface area (Å²) in [7, 11) is 0. The van der Waals surface area contributed by atoms with Crippen molar-refractivity contribution in [1.82, 2.24) is 5.32 Å². The number of benzene rings is 1. The Hall–Kier alpha value is -1.02. The molecule has 1 aliphatic rings. The molecule has 0 aliphatic heterocycles. The van der Waals surface area contributed by atoms with Gasteiger partial charge in [-0.05, 0) is 75.9 Å². The van der Waals surface area contributed by atoms with Crippen LogP contribution in [0.3, 0.4) is 0 Å². The quantitative estimate of drug-likeness (QED) is 0.775. The molecule has 1 fully saturated rings. The van der Waals surface area contributed by atoms with Gasteiger partial charge in [0.05, 0.1) is 0 Å². The van der Waals surface area contributed by atoms with Crippen molar-refractivity contribution >= 4 is 0 Å². The van der Waals surface area contributed by atoms with E-state index in [9.17, 15) is 0 Å². The van der Waals surface area contributed by atoms with E-state index in [2.05, 4.69) is 44.3 Å². The third-order valence-electron chi connectivity index (χ3n) is 4.08. The van der Waals surface area contributed by atoms with E-state index >= 15 is 0 Å². The molecule has 1 aromatic rings. The molecule has 1 aliphatic carbocycles. The van der Waals surface area contributed by atoms with Gasteiger partial charge in [0.15, 0.2) is 0 Å². The van der Waals surface area contributed by atoms with Gasteiger partial charge in [0.1, 0.15) is 11.4 Å². The summed E-state index contributed by atoms with van der Waals surface area (Å²) in [6, 6.07) is 6.43. The maximum Gasteiger partial charge on any atom is 0.120 e. The average molecular weight is 247 g/mol. The minimum absolute atomic E-state index is 0.101. The predicted molar refractivity (Wildman–Crippen MR) is 76.3 cm³/mol. The van der Waals surface area contributed by atoms with Crippen LogP contribution in [-0.2, 0) is 0 Å². The van der Waals surface area contributed by atoms with Crippen LogP contribution in [0, 0.1) is 13.8 Å². The second-order valence-electron chi connectivity index (χ2n) is 5.49. The van der Waals surface area contributed by atoms with Crippen LogP contribution in [0.4, 0.5) is 0 Å². The van der Waals surface area contributed by atoms with Crippen LogP contribution < -0.4 is 10.1 Å². The predicted octanol–water partition coefficient (Wildman–Crippen LogP) is 3.60. The first-order chi connectivity index (χ1) is 8.65. The second-order valence-corrected chi connectivity index (χ2v) is 5.49. The number of rotatable bonds is 6. The molecule has 100 valence electrons. The third-order valence-corrected chi connectivity index (χ3v) is 4.08. The summed E-state index contributed by atoms with van der Waals surface area (Å²) >= 11 is 0. The zero-order chi connectivity index (χ0) is 13.0. The molecule has 18 heavy (non-hydrogen) atoms. The Labute approximate surface area is 111 Å². The Kier molecular flexibility index (Phi) is 4.28. The van der Waals surface area contributed by atoms with E-state index in [-0.39, 0.29) is 5.60 Å². The molecule has 0 heterocycles. The molecule has 0 amide bonds. The standard InChI is InChI=1S/C16H25NO/c1-4-17-11-10-16(8-5-9-16)18-15-7-6-13(2)14(3)12-15/h6-7,12,17H,4-5,8-11H2,1-3H3. The molecule has 0 spiro atoms. The molecule has 2 rings (SSSR count). The van der Waals surface area contributed by atoms with Crippen molar-refractivity contribution in [1.29, 1.82) is 0 Å². The first-order valence-corrected chi connectivity index (χ1v) is 7.12. The highest BCUT2D eigenvalue weighted by Crippen LogP contribution is 2.39. The number of nitrogens with one attached hydrogen (secondary N) is 1. The Morgan fingerprint density at radius 2 is 2.00 bits per heavy atom. The Bertz CT molecular complexity index is 396. The lowest BCUT2D eigenvalue weighted by molar-refractivity contribution is -0.0141. The largest absolute Gasteiger partial charge is 0.487 e. The smallest absolute Gasteiger partial charge is 0.120 e. The minimum Gasteiger partial charge on any atom is -0.487 e. The summed E-state index contributed by atoms with van der Waals surface area (Å²) in [5.41, 5.74) is 2.75. The molecule has 0 atom stereocenters. The fourth-order valence-corrected chi connectivity index (χ4v) is 2.49. The molecule has 2 nitrogen and oxygen atoms in total. The van der Waals surface area contributed by atoms with Crippen molar-refractivity contribution in [2.75, 3.05) is 13.1 Å². The molecule has 1 saturated carbocycles. The zero-order valence-electron chi connectivity index (χ0n) is 11.9. The number of aryl methyl sites for hydroxylation is 2. The fourth-order valence-electron chi connectivity index (χ4n) is 2.49. The van der Waals surface area contributed by atoms with E-state index in [1.54, 1.807) is 0 Å². The molecule has 0 saturated heterocycles. The lowest BCUT2D eigenvalue weighted by Crippen LogP contribution is -2.45. The Morgan fingerprint density at radius 1 is 1.22 bits per heavy atom. The lowest BCUT2D eigenvalue weighted by Gasteiger charge is -2.42. The first-order valence-electron chi connectivity index (χ1n) is 7.12. The van der Waals surface area contributed by atoms with Crippen LogP contribution >= 0.6 is 0 Å². The van der Waals surface area contributed by atoms with Gasteiger partial charge in [0, 0.05) is 0 Å². The van der Waals surface area contributed by atoms with Gasteiger partial charge < -0.3 is 10.1 Å². The van der Waals surface area contributed by atoms with Crippen LogP contribution in [0.5, 0.6) is 5.75 Å². The van der Waals surface area contributed by atoms with Gasteiger partial charge in [-0.15, -0.1) is 0 Å². The van der Waals surface area contributed by atoms with Gasteiger partial charge >= 0.3 is 0 Å². The van der Waals surface area contributed by atoms with E-state index in [1.165, 1.54) is 30.4 Å². The van der Waals surface area contributed by atoms with E-state index in [0.29, 0.717) is 0 Å². The highest BCUT2D eigenvalue weighted by atomic mass is 16.5. The second kappa shape index (κ2) is 5.75. The van der Waals surface area contributed by atoms with Crippen LogP contribution in [0.1, 0.15) is 43.7 Å². The summed E-state index contributed by atoms with van der Waals surface area (Å²) in [4.78, 5) is 0. The summed E-state index contributed by atoms with van der Waals surface area (Å²) in [5, 5.41) is 3.40. The monoisotopic (exact) mass is 247 g/mol. The van der Waals surface area contributed by atoms with Crippen molar-refractivity contribution < 1.29 is 4.74 Å². The van der Waals surface area contributed by atoms with E-state index in [1.807, 2.05) is 0 Å². The fraction of sp³-hybridized carbons (Fsp3) is 0.625. The van der Waals surface area contributed by atoms with Crippen LogP contribution in [0.25, 0.3) is 0 Å². The number of hydrogen-bond acceptors (Lipinski definition) is 2. The van der Waals surface area contributed by atoms with Crippen molar-refractivity contribution in [3.8, 4) is 5.75 Å². The Morgan fingerprint density at radius 3 is 2.56 bits per heavy atom. The minimum atomic E-state index is 0.101. The molecular formula is C16H25NO. The van der Waals surface area contributed by atoms with E-state index < -0.39 is 0 Å². The molecule has 0 aromatic heterocycles. The van der Waals surface area contributed by atoms with E-state index in [0.717, 1.165) is 25.3 Å². The molecule has 0 bridgehead atoms. The highest BCUT2D eigenvalue weighted by Gasteiger charge is 2.38. The maximum atomic E-state index is 6.28. The molecule has 0 unspecified atom stereocenters. The van der Waals surface area contributed by atoms with Gasteiger partial charge in [-0.2, -0.15) is 0 Å². The van der Waals surface area contributed by atoms with Crippen LogP contribution in [0.15, 0.2) is 18.2 Å². The summed E-state index contributed by atoms with van der Waals surface area (Å²) < 4.78 is 6.28. The van der Waals surface area contributed by atoms with Crippen molar-refractivity contribution in [2.24, 2.45) is 0 Å². The summed E-state index contributed by atoms with van der Waals surface area (Å²) in [5.74, 6) is 1.04. The number of hydrogen-bond donors (Lipinski definition) is 1. The average Bonchev–Trinajstić information content (AvgIpc) is 2.31. The normalized spacial score (nSPS) is 17.3. The van der Waals surface area contributed by atoms with Gasteiger partial charge in [-0.3, -0.25) is 0 Å². The van der Waals surface area contributed by atoms with Crippen molar-refractivity contribution in [3.05, 3.63) is 29.3 Å². The lowest BCUT2D eigenvalue weighted by atomic mass is 9.77. The maximum absolute atomic E-state index is 6.28. The summed E-state index contributed by atoms with van der Waals surface area (Å²) in [6.07, 6.45) is 4.82. The first kappa shape index (κ1) is 13.4. The van der Waals surface area contributed by atoms with Gasteiger partial charge in [0.2, 0.25) is 0 Å². The van der Waals surface area contributed by atoms with Gasteiger partial charge in [0.25, 0.3) is 0 Å². The molecule has 1 aromatic carbocycles. The SMILES string of the molecule is CCNCCC1(Oc2ccc(C)c(C)c2)CCC1. The van der Waals surface area contributed by atoms with E-state index in [4.69, 9.17) is 4.74 Å². The molecule has 2 heteroatoms. The van der Waals surface area contributed by atoms with Gasteiger partial charge in [-0.1, -0.05) is 13.0 Å². The molecular weight excluding hydrogens is 222 g/mol. The van der Waals surface area contributed by atoms with Crippen molar-refractivity contribution in [2.45, 2.75) is 52.1 Å². The molecule has 0 radical (unpaired) electrons. The highest BCUT2D eigenvalue weighted by molar-refractivity contribution is 5.34. The van der Waals surface area contributed by atoms with Crippen LogP contribution in [0.2, 0.25) is 0 Å². The third kappa shape index (κ3) is 3.05.